The SMILES string of the molecule is CCC(CN)(Nc1ccc(C)cc1)C1CCOC1. The molecule has 3 N–H and O–H groups in total. The van der Waals surface area contributed by atoms with Gasteiger partial charge < -0.3 is 15.8 Å². The van der Waals surface area contributed by atoms with Gasteiger partial charge in [0.15, 0.2) is 0 Å². The van der Waals surface area contributed by atoms with Crippen LogP contribution in [0.4, 0.5) is 5.69 Å². The summed E-state index contributed by atoms with van der Waals surface area (Å²) in [7, 11) is 0. The summed E-state index contributed by atoms with van der Waals surface area (Å²) in [6, 6.07) is 8.52. The number of ether oxygens (including phenoxy) is 1. The van der Waals surface area contributed by atoms with Crippen molar-refractivity contribution >= 4 is 5.69 Å². The number of benzene rings is 1. The second-order valence-corrected chi connectivity index (χ2v) is 5.27. The summed E-state index contributed by atoms with van der Waals surface area (Å²) < 4.78 is 5.53. The highest BCUT2D eigenvalue weighted by atomic mass is 16.5. The number of rotatable bonds is 5. The number of nitrogens with one attached hydrogen (secondary N) is 1. The Morgan fingerprint density at radius 1 is 1.39 bits per heavy atom. The van der Waals surface area contributed by atoms with Crippen LogP contribution in [-0.4, -0.2) is 25.3 Å². The van der Waals surface area contributed by atoms with Crippen LogP contribution in [0.5, 0.6) is 0 Å². The molecule has 3 nitrogen and oxygen atoms in total. The van der Waals surface area contributed by atoms with Gasteiger partial charge in [-0.3, -0.25) is 0 Å². The van der Waals surface area contributed by atoms with Crippen molar-refractivity contribution in [3.8, 4) is 0 Å². The Bertz CT molecular complexity index is 365. The van der Waals surface area contributed by atoms with Crippen LogP contribution in [0.2, 0.25) is 0 Å². The molecule has 2 unspecified atom stereocenters. The number of aryl methyl sites for hydroxylation is 1. The van der Waals surface area contributed by atoms with Crippen LogP contribution in [0.1, 0.15) is 25.3 Å². The summed E-state index contributed by atoms with van der Waals surface area (Å²) >= 11 is 0. The molecule has 1 heterocycles. The van der Waals surface area contributed by atoms with Crippen molar-refractivity contribution in [2.45, 2.75) is 32.2 Å². The van der Waals surface area contributed by atoms with Crippen LogP contribution in [0.25, 0.3) is 0 Å². The van der Waals surface area contributed by atoms with E-state index in [2.05, 4.69) is 43.4 Å². The standard InChI is InChI=1S/C15H24N2O/c1-3-15(11-16,13-8-9-18-10-13)17-14-6-4-12(2)5-7-14/h4-7,13,17H,3,8-11,16H2,1-2H3. The molecule has 100 valence electrons. The molecule has 1 aliphatic rings. The van der Waals surface area contributed by atoms with E-state index in [1.165, 1.54) is 5.56 Å². The van der Waals surface area contributed by atoms with E-state index in [-0.39, 0.29) is 5.54 Å². The van der Waals surface area contributed by atoms with Crippen LogP contribution >= 0.6 is 0 Å². The average molecular weight is 248 g/mol. The maximum absolute atomic E-state index is 6.06. The summed E-state index contributed by atoms with van der Waals surface area (Å²) in [6.45, 7) is 6.63. The molecule has 2 atom stereocenters. The van der Waals surface area contributed by atoms with E-state index in [9.17, 15) is 0 Å². The molecule has 0 aromatic heterocycles. The molecule has 0 saturated carbocycles. The second kappa shape index (κ2) is 5.72. The van der Waals surface area contributed by atoms with Gasteiger partial charge in [-0.05, 0) is 31.9 Å². The molecule has 2 rings (SSSR count). The number of hydrogen-bond acceptors (Lipinski definition) is 3. The molecule has 0 spiro atoms. The van der Waals surface area contributed by atoms with E-state index in [4.69, 9.17) is 10.5 Å². The van der Waals surface area contributed by atoms with Gasteiger partial charge in [-0.15, -0.1) is 0 Å². The first kappa shape index (κ1) is 13.4. The van der Waals surface area contributed by atoms with Crippen molar-refractivity contribution in [1.82, 2.24) is 0 Å². The zero-order valence-electron chi connectivity index (χ0n) is 11.4. The predicted octanol–water partition coefficient (Wildman–Crippen LogP) is 2.55. The summed E-state index contributed by atoms with van der Waals surface area (Å²) in [4.78, 5) is 0. The Morgan fingerprint density at radius 2 is 2.11 bits per heavy atom. The van der Waals surface area contributed by atoms with E-state index < -0.39 is 0 Å². The maximum Gasteiger partial charge on any atom is 0.0543 e. The van der Waals surface area contributed by atoms with E-state index in [0.717, 1.165) is 31.7 Å². The third-order valence-electron chi connectivity index (χ3n) is 4.15. The highest BCUT2D eigenvalue weighted by Crippen LogP contribution is 2.31. The highest BCUT2D eigenvalue weighted by Gasteiger charge is 2.38. The fourth-order valence-electron chi connectivity index (χ4n) is 2.74. The molecule has 3 heteroatoms. The molecule has 1 aromatic rings. The quantitative estimate of drug-likeness (QED) is 0.842. The molecule has 18 heavy (non-hydrogen) atoms. The Hall–Kier alpha value is -1.06. The number of hydrogen-bond donors (Lipinski definition) is 2. The lowest BCUT2D eigenvalue weighted by Crippen LogP contribution is -2.51. The minimum atomic E-state index is -0.0360. The van der Waals surface area contributed by atoms with Crippen LogP contribution in [0.3, 0.4) is 0 Å². The molecule has 0 aliphatic carbocycles. The Kier molecular flexibility index (Phi) is 4.25. The van der Waals surface area contributed by atoms with E-state index in [1.54, 1.807) is 0 Å². The number of nitrogens with two attached hydrogens (primary N) is 1. The molecular weight excluding hydrogens is 224 g/mol. The van der Waals surface area contributed by atoms with Crippen LogP contribution in [-0.2, 0) is 4.74 Å². The normalized spacial score (nSPS) is 22.7. The van der Waals surface area contributed by atoms with Crippen molar-refractivity contribution in [2.75, 3.05) is 25.1 Å². The first-order valence-corrected chi connectivity index (χ1v) is 6.83. The second-order valence-electron chi connectivity index (χ2n) is 5.27. The van der Waals surface area contributed by atoms with E-state index in [0.29, 0.717) is 12.5 Å². The lowest BCUT2D eigenvalue weighted by molar-refractivity contribution is 0.167. The molecule has 1 saturated heterocycles. The van der Waals surface area contributed by atoms with Crippen LogP contribution in [0.15, 0.2) is 24.3 Å². The largest absolute Gasteiger partial charge is 0.381 e. The highest BCUT2D eigenvalue weighted by molar-refractivity contribution is 5.47. The van der Waals surface area contributed by atoms with Crippen molar-refractivity contribution in [1.29, 1.82) is 0 Å². The van der Waals surface area contributed by atoms with Gasteiger partial charge in [0.1, 0.15) is 0 Å². The van der Waals surface area contributed by atoms with Crippen molar-refractivity contribution < 1.29 is 4.74 Å². The van der Waals surface area contributed by atoms with Gasteiger partial charge >= 0.3 is 0 Å². The van der Waals surface area contributed by atoms with Gasteiger partial charge in [0, 0.05) is 24.8 Å². The molecule has 0 amide bonds. The molecule has 1 aromatic carbocycles. The molecule has 0 radical (unpaired) electrons. The Labute approximate surface area is 110 Å². The van der Waals surface area contributed by atoms with Gasteiger partial charge in [0.25, 0.3) is 0 Å². The van der Waals surface area contributed by atoms with E-state index >= 15 is 0 Å². The summed E-state index contributed by atoms with van der Waals surface area (Å²) in [5.41, 5.74) is 8.45. The molecule has 1 aliphatic heterocycles. The van der Waals surface area contributed by atoms with Crippen LogP contribution < -0.4 is 11.1 Å². The first-order valence-electron chi connectivity index (χ1n) is 6.83. The Balaban J connectivity index is 2.16. The van der Waals surface area contributed by atoms with Gasteiger partial charge in [0.2, 0.25) is 0 Å². The zero-order chi connectivity index (χ0) is 13.0. The monoisotopic (exact) mass is 248 g/mol. The van der Waals surface area contributed by atoms with Crippen molar-refractivity contribution in [2.24, 2.45) is 11.7 Å². The minimum absolute atomic E-state index is 0.0360. The van der Waals surface area contributed by atoms with Gasteiger partial charge in [0.05, 0.1) is 12.1 Å². The average Bonchev–Trinajstić information content (AvgIpc) is 2.93. The maximum atomic E-state index is 6.06. The summed E-state index contributed by atoms with van der Waals surface area (Å²) in [6.07, 6.45) is 2.12. The smallest absolute Gasteiger partial charge is 0.0543 e. The Morgan fingerprint density at radius 3 is 2.61 bits per heavy atom. The molecule has 1 fully saturated rings. The molecule has 0 bridgehead atoms. The fraction of sp³-hybridized carbons (Fsp3) is 0.600. The van der Waals surface area contributed by atoms with Gasteiger partial charge in [-0.25, -0.2) is 0 Å². The van der Waals surface area contributed by atoms with Crippen LogP contribution in [0, 0.1) is 12.8 Å². The summed E-state index contributed by atoms with van der Waals surface area (Å²) in [5.74, 6) is 0.508. The van der Waals surface area contributed by atoms with Crippen molar-refractivity contribution in [3.63, 3.8) is 0 Å². The van der Waals surface area contributed by atoms with E-state index in [1.807, 2.05) is 0 Å². The van der Waals surface area contributed by atoms with Gasteiger partial charge in [-0.2, -0.15) is 0 Å². The number of anilines is 1. The van der Waals surface area contributed by atoms with Crippen molar-refractivity contribution in [3.05, 3.63) is 29.8 Å². The third-order valence-corrected chi connectivity index (χ3v) is 4.15. The fourth-order valence-corrected chi connectivity index (χ4v) is 2.74. The lowest BCUT2D eigenvalue weighted by atomic mass is 9.80. The third kappa shape index (κ3) is 2.68. The topological polar surface area (TPSA) is 47.3 Å². The molecular formula is C15H24N2O. The zero-order valence-corrected chi connectivity index (χ0v) is 11.4. The predicted molar refractivity (Wildman–Crippen MR) is 75.8 cm³/mol. The first-order chi connectivity index (χ1) is 8.70. The minimum Gasteiger partial charge on any atom is -0.381 e. The summed E-state index contributed by atoms with van der Waals surface area (Å²) in [5, 5.41) is 3.66. The lowest BCUT2D eigenvalue weighted by Gasteiger charge is -2.38. The van der Waals surface area contributed by atoms with Gasteiger partial charge in [-0.1, -0.05) is 24.6 Å².